The van der Waals surface area contributed by atoms with Crippen molar-refractivity contribution in [2.75, 3.05) is 5.32 Å². The van der Waals surface area contributed by atoms with Gasteiger partial charge in [-0.25, -0.2) is 4.79 Å². The Kier molecular flexibility index (Phi) is 5.42. The Morgan fingerprint density at radius 1 is 1.12 bits per heavy atom. The molecule has 134 valence electrons. The summed E-state index contributed by atoms with van der Waals surface area (Å²) >= 11 is 3.38. The molecular formula is C20H20BrN3O2. The van der Waals surface area contributed by atoms with Gasteiger partial charge in [-0.2, -0.15) is 0 Å². The number of halogens is 1. The van der Waals surface area contributed by atoms with Crippen LogP contribution in [0.25, 0.3) is 0 Å². The summed E-state index contributed by atoms with van der Waals surface area (Å²) in [5, 5.41) is 8.44. The van der Waals surface area contributed by atoms with Crippen LogP contribution in [0.1, 0.15) is 31.0 Å². The molecule has 3 amide bonds. The summed E-state index contributed by atoms with van der Waals surface area (Å²) in [5.41, 5.74) is 3.81. The number of allylic oxidation sites excluding steroid dienone is 1. The van der Waals surface area contributed by atoms with E-state index in [1.807, 2.05) is 48.5 Å². The van der Waals surface area contributed by atoms with Crippen molar-refractivity contribution in [1.82, 2.24) is 10.6 Å². The number of anilines is 1. The third-order valence-corrected chi connectivity index (χ3v) is 4.87. The van der Waals surface area contributed by atoms with Crippen LogP contribution in [0.2, 0.25) is 0 Å². The van der Waals surface area contributed by atoms with E-state index in [2.05, 4.69) is 38.8 Å². The molecule has 6 heteroatoms. The monoisotopic (exact) mass is 413 g/mol. The molecule has 1 aliphatic rings. The van der Waals surface area contributed by atoms with Crippen molar-refractivity contribution in [3.63, 3.8) is 0 Å². The molecule has 26 heavy (non-hydrogen) atoms. The molecule has 0 spiro atoms. The van der Waals surface area contributed by atoms with Crippen LogP contribution in [-0.4, -0.2) is 11.9 Å². The number of hydrogen-bond donors (Lipinski definition) is 3. The van der Waals surface area contributed by atoms with Gasteiger partial charge in [0.15, 0.2) is 0 Å². The zero-order valence-corrected chi connectivity index (χ0v) is 16.2. The molecule has 2 aromatic rings. The topological polar surface area (TPSA) is 70.2 Å². The highest BCUT2D eigenvalue weighted by Gasteiger charge is 2.31. The zero-order chi connectivity index (χ0) is 18.7. The number of rotatable bonds is 4. The summed E-state index contributed by atoms with van der Waals surface area (Å²) in [4.78, 5) is 24.9. The van der Waals surface area contributed by atoms with Crippen molar-refractivity contribution in [1.29, 1.82) is 0 Å². The zero-order valence-electron chi connectivity index (χ0n) is 14.6. The van der Waals surface area contributed by atoms with Crippen LogP contribution < -0.4 is 16.0 Å². The number of carbonyl (C=O) groups excluding carboxylic acids is 2. The third-order valence-electron chi connectivity index (χ3n) is 4.34. The highest BCUT2D eigenvalue weighted by molar-refractivity contribution is 9.10. The van der Waals surface area contributed by atoms with Crippen molar-refractivity contribution < 1.29 is 9.59 Å². The predicted octanol–water partition coefficient (Wildman–Crippen LogP) is 4.28. The molecule has 1 aliphatic heterocycles. The highest BCUT2D eigenvalue weighted by atomic mass is 79.9. The van der Waals surface area contributed by atoms with Gasteiger partial charge in [-0.05, 0) is 48.7 Å². The number of amides is 3. The standard InChI is InChI=1S/C20H20BrN3O2/c1-3-13-4-6-14(7-5-13)18-17(12(2)22-20(26)24-18)19(25)23-16-10-8-15(21)9-11-16/h4-11,18H,3H2,1-2H3,(H,23,25)(H2,22,24,26)/t18-/m0/s1. The minimum absolute atomic E-state index is 0.248. The van der Waals surface area contributed by atoms with Crippen LogP contribution in [0.5, 0.6) is 0 Å². The molecule has 0 unspecified atom stereocenters. The first-order chi connectivity index (χ1) is 12.5. The fourth-order valence-electron chi connectivity index (χ4n) is 2.92. The van der Waals surface area contributed by atoms with E-state index in [9.17, 15) is 9.59 Å². The Morgan fingerprint density at radius 2 is 1.77 bits per heavy atom. The van der Waals surface area contributed by atoms with Crippen LogP contribution in [-0.2, 0) is 11.2 Å². The van der Waals surface area contributed by atoms with Crippen LogP contribution in [0.3, 0.4) is 0 Å². The molecule has 3 rings (SSSR count). The van der Waals surface area contributed by atoms with Crippen molar-refractivity contribution in [3.8, 4) is 0 Å². The maximum atomic E-state index is 12.9. The van der Waals surface area contributed by atoms with E-state index in [1.165, 1.54) is 5.56 Å². The Balaban J connectivity index is 1.91. The van der Waals surface area contributed by atoms with Gasteiger partial charge in [-0.3, -0.25) is 4.79 Å². The Bertz CT molecular complexity index is 858. The molecule has 2 aromatic carbocycles. The second-order valence-corrected chi connectivity index (χ2v) is 7.04. The average molecular weight is 414 g/mol. The molecule has 0 radical (unpaired) electrons. The van der Waals surface area contributed by atoms with Crippen LogP contribution in [0.4, 0.5) is 10.5 Å². The van der Waals surface area contributed by atoms with Gasteiger partial charge < -0.3 is 16.0 Å². The second-order valence-electron chi connectivity index (χ2n) is 6.13. The summed E-state index contributed by atoms with van der Waals surface area (Å²) in [7, 11) is 0. The number of benzene rings is 2. The lowest BCUT2D eigenvalue weighted by atomic mass is 9.94. The first kappa shape index (κ1) is 18.2. The van der Waals surface area contributed by atoms with E-state index in [0.29, 0.717) is 17.0 Å². The van der Waals surface area contributed by atoms with E-state index in [4.69, 9.17) is 0 Å². The number of carbonyl (C=O) groups is 2. The van der Waals surface area contributed by atoms with E-state index < -0.39 is 6.04 Å². The lowest BCUT2D eigenvalue weighted by molar-refractivity contribution is -0.113. The van der Waals surface area contributed by atoms with E-state index in [-0.39, 0.29) is 11.9 Å². The molecule has 1 heterocycles. The number of aryl methyl sites for hydroxylation is 1. The number of nitrogens with one attached hydrogen (secondary N) is 3. The summed E-state index contributed by atoms with van der Waals surface area (Å²) in [5.74, 6) is -0.248. The first-order valence-corrected chi connectivity index (χ1v) is 9.21. The van der Waals surface area contributed by atoms with E-state index in [1.54, 1.807) is 6.92 Å². The SMILES string of the molecule is CCc1ccc([C@@H]2NC(=O)NC(C)=C2C(=O)Nc2ccc(Br)cc2)cc1. The minimum atomic E-state index is -0.495. The maximum absolute atomic E-state index is 12.9. The number of hydrogen-bond acceptors (Lipinski definition) is 2. The molecule has 1 atom stereocenters. The first-order valence-electron chi connectivity index (χ1n) is 8.42. The Morgan fingerprint density at radius 3 is 2.38 bits per heavy atom. The molecule has 0 fully saturated rings. The predicted molar refractivity (Wildman–Crippen MR) is 106 cm³/mol. The third kappa shape index (κ3) is 3.96. The average Bonchev–Trinajstić information content (AvgIpc) is 2.63. The van der Waals surface area contributed by atoms with Gasteiger partial charge in [-0.15, -0.1) is 0 Å². The Labute approximate surface area is 161 Å². The molecule has 3 N–H and O–H groups in total. The van der Waals surface area contributed by atoms with Crippen LogP contribution in [0, 0.1) is 0 Å². The van der Waals surface area contributed by atoms with Gasteiger partial charge in [0.05, 0.1) is 11.6 Å². The van der Waals surface area contributed by atoms with E-state index in [0.717, 1.165) is 16.5 Å². The lowest BCUT2D eigenvalue weighted by Crippen LogP contribution is -2.45. The molecular weight excluding hydrogens is 394 g/mol. The maximum Gasteiger partial charge on any atom is 0.319 e. The van der Waals surface area contributed by atoms with E-state index >= 15 is 0 Å². The fourth-order valence-corrected chi connectivity index (χ4v) is 3.19. The van der Waals surface area contributed by atoms with Gasteiger partial charge in [0, 0.05) is 15.9 Å². The normalized spacial score (nSPS) is 16.7. The Hall–Kier alpha value is -2.60. The summed E-state index contributed by atoms with van der Waals surface area (Å²) in [6.07, 6.45) is 0.935. The lowest BCUT2D eigenvalue weighted by Gasteiger charge is -2.28. The van der Waals surface area contributed by atoms with Gasteiger partial charge in [-0.1, -0.05) is 47.1 Å². The second kappa shape index (κ2) is 7.74. The summed E-state index contributed by atoms with van der Waals surface area (Å²) in [6, 6.07) is 14.5. The quantitative estimate of drug-likeness (QED) is 0.699. The smallest absolute Gasteiger partial charge is 0.319 e. The fraction of sp³-hybridized carbons (Fsp3) is 0.200. The van der Waals surface area contributed by atoms with Crippen molar-refractivity contribution >= 4 is 33.6 Å². The van der Waals surface area contributed by atoms with Crippen molar-refractivity contribution in [2.24, 2.45) is 0 Å². The van der Waals surface area contributed by atoms with Gasteiger partial charge in [0.2, 0.25) is 0 Å². The molecule has 0 bridgehead atoms. The molecule has 0 aliphatic carbocycles. The highest BCUT2D eigenvalue weighted by Crippen LogP contribution is 2.28. The van der Waals surface area contributed by atoms with Crippen molar-refractivity contribution in [2.45, 2.75) is 26.3 Å². The number of urea groups is 1. The largest absolute Gasteiger partial charge is 0.327 e. The molecule has 0 saturated carbocycles. The minimum Gasteiger partial charge on any atom is -0.327 e. The summed E-state index contributed by atoms with van der Waals surface area (Å²) < 4.78 is 0.936. The van der Waals surface area contributed by atoms with Gasteiger partial charge >= 0.3 is 6.03 Å². The van der Waals surface area contributed by atoms with Crippen molar-refractivity contribution in [3.05, 3.63) is 75.4 Å². The molecule has 0 saturated heterocycles. The van der Waals surface area contributed by atoms with Crippen LogP contribution >= 0.6 is 15.9 Å². The molecule has 5 nitrogen and oxygen atoms in total. The van der Waals surface area contributed by atoms with Gasteiger partial charge in [0.1, 0.15) is 0 Å². The van der Waals surface area contributed by atoms with Gasteiger partial charge in [0.25, 0.3) is 5.91 Å². The van der Waals surface area contributed by atoms with Crippen LogP contribution in [0.15, 0.2) is 64.3 Å². The summed E-state index contributed by atoms with van der Waals surface area (Å²) in [6.45, 7) is 3.82. The molecule has 0 aromatic heterocycles.